The molecule has 2 saturated heterocycles. The van der Waals surface area contributed by atoms with Gasteiger partial charge in [0.15, 0.2) is 0 Å². The van der Waals surface area contributed by atoms with Gasteiger partial charge in [0.1, 0.15) is 0 Å². The van der Waals surface area contributed by atoms with Crippen LogP contribution in [0.4, 0.5) is 0 Å². The second kappa shape index (κ2) is 10.1. The molecule has 126 valence electrons. The predicted molar refractivity (Wildman–Crippen MR) is 99.4 cm³/mol. The summed E-state index contributed by atoms with van der Waals surface area (Å²) in [4.78, 5) is 2.66. The van der Waals surface area contributed by atoms with E-state index in [0.29, 0.717) is 6.04 Å². The highest BCUT2D eigenvalue weighted by atomic mass is 79.9. The molecule has 0 spiro atoms. The van der Waals surface area contributed by atoms with Gasteiger partial charge in [-0.05, 0) is 36.5 Å². The predicted octanol–water partition coefficient (Wildman–Crippen LogP) is 3.67. The zero-order chi connectivity index (χ0) is 13.8. The van der Waals surface area contributed by atoms with Gasteiger partial charge in [-0.3, -0.25) is 4.90 Å². The zero-order valence-electron chi connectivity index (χ0n) is 12.7. The van der Waals surface area contributed by atoms with Crippen molar-refractivity contribution in [3.63, 3.8) is 0 Å². The lowest BCUT2D eigenvalue weighted by Crippen LogP contribution is -2.47. The van der Waals surface area contributed by atoms with Crippen LogP contribution >= 0.6 is 40.7 Å². The van der Waals surface area contributed by atoms with E-state index in [-0.39, 0.29) is 24.8 Å². The first kappa shape index (κ1) is 20.2. The minimum absolute atomic E-state index is 0. The lowest BCUT2D eigenvalue weighted by Gasteiger charge is -2.41. The van der Waals surface area contributed by atoms with Gasteiger partial charge in [-0.1, -0.05) is 28.1 Å². The van der Waals surface area contributed by atoms with Crippen LogP contribution in [0.5, 0.6) is 0 Å². The van der Waals surface area contributed by atoms with Crippen molar-refractivity contribution in [3.05, 3.63) is 34.3 Å². The molecule has 2 fully saturated rings. The third-order valence-electron chi connectivity index (χ3n) is 4.45. The van der Waals surface area contributed by atoms with Gasteiger partial charge < -0.3 is 10.1 Å². The van der Waals surface area contributed by atoms with Crippen LogP contribution in [-0.2, 0) is 4.74 Å². The normalized spacial score (nSPS) is 21.5. The van der Waals surface area contributed by atoms with Crippen molar-refractivity contribution in [2.24, 2.45) is 5.92 Å². The molecule has 1 aromatic carbocycles. The maximum atomic E-state index is 5.56. The first-order valence-corrected chi connectivity index (χ1v) is 8.42. The maximum Gasteiger partial charge on any atom is 0.0469 e. The Balaban J connectivity index is 0.00000121. The fourth-order valence-electron chi connectivity index (χ4n) is 3.46. The van der Waals surface area contributed by atoms with Crippen molar-refractivity contribution in [1.82, 2.24) is 10.2 Å². The van der Waals surface area contributed by atoms with Crippen molar-refractivity contribution < 1.29 is 4.74 Å². The highest BCUT2D eigenvalue weighted by Gasteiger charge is 2.31. The summed E-state index contributed by atoms with van der Waals surface area (Å²) in [6.45, 7) is 6.34. The summed E-state index contributed by atoms with van der Waals surface area (Å²) in [5.41, 5.74) is 1.45. The number of hydrogen-bond donors (Lipinski definition) is 1. The van der Waals surface area contributed by atoms with Crippen LogP contribution < -0.4 is 5.32 Å². The van der Waals surface area contributed by atoms with Crippen LogP contribution in [0.1, 0.15) is 24.4 Å². The van der Waals surface area contributed by atoms with E-state index in [1.54, 1.807) is 0 Å². The molecule has 2 aliphatic rings. The molecule has 1 aromatic rings. The van der Waals surface area contributed by atoms with Gasteiger partial charge in [-0.25, -0.2) is 0 Å². The molecule has 2 heterocycles. The molecule has 0 saturated carbocycles. The Morgan fingerprint density at radius 1 is 1.14 bits per heavy atom. The van der Waals surface area contributed by atoms with Crippen LogP contribution in [0.25, 0.3) is 0 Å². The SMILES string of the molecule is Brc1cccc([C@H](C2CCOCC2)N2CCNCC2)c1.Cl.Cl. The summed E-state index contributed by atoms with van der Waals surface area (Å²) in [5.74, 6) is 0.719. The third-order valence-corrected chi connectivity index (χ3v) is 4.94. The summed E-state index contributed by atoms with van der Waals surface area (Å²) in [5, 5.41) is 3.46. The van der Waals surface area contributed by atoms with Gasteiger partial charge in [0.2, 0.25) is 0 Å². The van der Waals surface area contributed by atoms with Gasteiger partial charge in [-0.2, -0.15) is 0 Å². The Labute approximate surface area is 154 Å². The fourth-order valence-corrected chi connectivity index (χ4v) is 3.88. The molecular weight excluding hydrogens is 387 g/mol. The summed E-state index contributed by atoms with van der Waals surface area (Å²) in [6, 6.07) is 9.39. The molecule has 22 heavy (non-hydrogen) atoms. The van der Waals surface area contributed by atoms with Gasteiger partial charge in [0, 0.05) is 49.9 Å². The van der Waals surface area contributed by atoms with E-state index in [1.165, 1.54) is 22.9 Å². The average Bonchev–Trinajstić information content (AvgIpc) is 2.50. The van der Waals surface area contributed by atoms with Crippen molar-refractivity contribution in [1.29, 1.82) is 0 Å². The number of nitrogens with zero attached hydrogens (tertiary/aromatic N) is 1. The Morgan fingerprint density at radius 2 is 1.82 bits per heavy atom. The molecule has 1 atom stereocenters. The highest BCUT2D eigenvalue weighted by Crippen LogP contribution is 2.36. The zero-order valence-corrected chi connectivity index (χ0v) is 15.9. The molecule has 0 bridgehead atoms. The first-order chi connectivity index (χ1) is 9.84. The van der Waals surface area contributed by atoms with Crippen molar-refractivity contribution >= 4 is 40.7 Å². The fraction of sp³-hybridized carbons (Fsp3) is 0.625. The van der Waals surface area contributed by atoms with E-state index in [1.807, 2.05) is 0 Å². The molecule has 0 amide bonds. The van der Waals surface area contributed by atoms with Gasteiger partial charge in [0.25, 0.3) is 0 Å². The number of nitrogens with one attached hydrogen (secondary N) is 1. The first-order valence-electron chi connectivity index (χ1n) is 7.62. The summed E-state index contributed by atoms with van der Waals surface area (Å²) < 4.78 is 6.74. The molecule has 0 aliphatic carbocycles. The molecule has 0 radical (unpaired) electrons. The largest absolute Gasteiger partial charge is 0.381 e. The molecule has 0 unspecified atom stereocenters. The number of ether oxygens (including phenoxy) is 1. The van der Waals surface area contributed by atoms with Crippen LogP contribution in [0.15, 0.2) is 28.7 Å². The van der Waals surface area contributed by atoms with Crippen molar-refractivity contribution in [2.75, 3.05) is 39.4 Å². The summed E-state index contributed by atoms with van der Waals surface area (Å²) >= 11 is 3.62. The summed E-state index contributed by atoms with van der Waals surface area (Å²) in [7, 11) is 0. The van der Waals surface area contributed by atoms with E-state index in [0.717, 1.165) is 45.3 Å². The van der Waals surface area contributed by atoms with Crippen molar-refractivity contribution in [3.8, 4) is 0 Å². The molecule has 3 nitrogen and oxygen atoms in total. The van der Waals surface area contributed by atoms with E-state index in [4.69, 9.17) is 4.74 Å². The molecule has 0 aromatic heterocycles. The molecule has 3 rings (SSSR count). The molecular formula is C16H25BrCl2N2O. The maximum absolute atomic E-state index is 5.56. The molecule has 2 aliphatic heterocycles. The smallest absolute Gasteiger partial charge is 0.0469 e. The molecule has 6 heteroatoms. The van der Waals surface area contributed by atoms with Crippen LogP contribution in [0.2, 0.25) is 0 Å². The number of rotatable bonds is 3. The Morgan fingerprint density at radius 3 is 2.45 bits per heavy atom. The minimum atomic E-state index is 0. The summed E-state index contributed by atoms with van der Waals surface area (Å²) in [6.07, 6.45) is 2.36. The lowest BCUT2D eigenvalue weighted by molar-refractivity contribution is 0.0213. The Kier molecular flexibility index (Phi) is 9.29. The minimum Gasteiger partial charge on any atom is -0.381 e. The van der Waals surface area contributed by atoms with Gasteiger partial charge >= 0.3 is 0 Å². The highest BCUT2D eigenvalue weighted by molar-refractivity contribution is 9.10. The van der Waals surface area contributed by atoms with Gasteiger partial charge in [0.05, 0.1) is 0 Å². The van der Waals surface area contributed by atoms with Crippen LogP contribution in [-0.4, -0.2) is 44.3 Å². The number of halogens is 3. The van der Waals surface area contributed by atoms with Crippen LogP contribution in [0.3, 0.4) is 0 Å². The van der Waals surface area contributed by atoms with E-state index < -0.39 is 0 Å². The standard InChI is InChI=1S/C16H23BrN2O.2ClH/c17-15-3-1-2-14(12-15)16(13-4-10-20-11-5-13)19-8-6-18-7-9-19;;/h1-3,12-13,16,18H,4-11H2;2*1H/t16-;;/m0../s1. The quantitative estimate of drug-likeness (QED) is 0.821. The van der Waals surface area contributed by atoms with Gasteiger partial charge in [-0.15, -0.1) is 24.8 Å². The molecule has 1 N–H and O–H groups in total. The topological polar surface area (TPSA) is 24.5 Å². The second-order valence-corrected chi connectivity index (χ2v) is 6.65. The number of piperazine rings is 1. The monoisotopic (exact) mass is 410 g/mol. The lowest BCUT2D eigenvalue weighted by atomic mass is 9.85. The van der Waals surface area contributed by atoms with E-state index >= 15 is 0 Å². The van der Waals surface area contributed by atoms with Crippen molar-refractivity contribution in [2.45, 2.75) is 18.9 Å². The van der Waals surface area contributed by atoms with E-state index in [2.05, 4.69) is 50.4 Å². The van der Waals surface area contributed by atoms with E-state index in [9.17, 15) is 0 Å². The second-order valence-electron chi connectivity index (χ2n) is 5.74. The Hall–Kier alpha value is 0.160. The number of benzene rings is 1. The Bertz CT molecular complexity index is 420. The third kappa shape index (κ3) is 5.08. The number of hydrogen-bond acceptors (Lipinski definition) is 3. The van der Waals surface area contributed by atoms with Crippen LogP contribution in [0, 0.1) is 5.92 Å². The average molecular weight is 412 g/mol.